The Bertz CT molecular complexity index is 722. The van der Waals surface area contributed by atoms with Crippen molar-refractivity contribution in [1.82, 2.24) is 0 Å². The van der Waals surface area contributed by atoms with Crippen LogP contribution >= 0.6 is 12.6 Å². The minimum absolute atomic E-state index is 0.0503. The van der Waals surface area contributed by atoms with Crippen LogP contribution in [0, 0.1) is 6.92 Å². The van der Waals surface area contributed by atoms with E-state index >= 15 is 0 Å². The molecule has 1 aliphatic heterocycles. The number of carbonyl (C=O) groups is 1. The largest absolute Gasteiger partial charge is 0.423 e. The van der Waals surface area contributed by atoms with E-state index in [1.165, 1.54) is 6.07 Å². The third kappa shape index (κ3) is 2.14. The lowest BCUT2D eigenvalue weighted by molar-refractivity contribution is -0.117. The van der Waals surface area contributed by atoms with E-state index in [0.717, 1.165) is 16.6 Å². The maximum Gasteiger partial charge on any atom is 0.336 e. The van der Waals surface area contributed by atoms with Gasteiger partial charge in [-0.25, -0.2) is 4.79 Å². The molecule has 0 bridgehead atoms. The quantitative estimate of drug-likeness (QED) is 0.641. The predicted molar refractivity (Wildman–Crippen MR) is 77.0 cm³/mol. The van der Waals surface area contributed by atoms with Crippen molar-refractivity contribution in [2.24, 2.45) is 0 Å². The molecule has 1 aromatic heterocycles. The van der Waals surface area contributed by atoms with Crippen LogP contribution in [0.2, 0.25) is 0 Å². The molecule has 1 atom stereocenters. The number of fused-ring (bicyclic) bond motifs is 1. The highest BCUT2D eigenvalue weighted by Crippen LogP contribution is 2.27. The normalized spacial score (nSPS) is 19.4. The van der Waals surface area contributed by atoms with Gasteiger partial charge in [-0.1, -0.05) is 0 Å². The minimum Gasteiger partial charge on any atom is -0.423 e. The van der Waals surface area contributed by atoms with Crippen LogP contribution in [0.3, 0.4) is 0 Å². The lowest BCUT2D eigenvalue weighted by Crippen LogP contribution is -2.24. The average Bonchev–Trinajstić information content (AvgIpc) is 2.67. The Morgan fingerprint density at radius 1 is 1.32 bits per heavy atom. The van der Waals surface area contributed by atoms with Gasteiger partial charge in [0, 0.05) is 41.4 Å². The molecule has 1 aliphatic rings. The van der Waals surface area contributed by atoms with Crippen molar-refractivity contribution in [2.75, 3.05) is 11.4 Å². The molecule has 1 aromatic carbocycles. The van der Waals surface area contributed by atoms with E-state index in [4.69, 9.17) is 4.42 Å². The zero-order valence-corrected chi connectivity index (χ0v) is 11.3. The first-order valence-corrected chi connectivity index (χ1v) is 6.59. The SMILES string of the molecule is Cc1cc(=O)oc2cc(N3CC(S)CC3=O)ccc12. The van der Waals surface area contributed by atoms with Crippen molar-refractivity contribution in [3.63, 3.8) is 0 Å². The van der Waals surface area contributed by atoms with Crippen molar-refractivity contribution in [2.45, 2.75) is 18.6 Å². The summed E-state index contributed by atoms with van der Waals surface area (Å²) in [5.74, 6) is 0.0503. The van der Waals surface area contributed by atoms with E-state index in [-0.39, 0.29) is 16.8 Å². The van der Waals surface area contributed by atoms with Gasteiger partial charge in [-0.3, -0.25) is 4.79 Å². The van der Waals surface area contributed by atoms with Gasteiger partial charge in [0.15, 0.2) is 0 Å². The molecule has 98 valence electrons. The Hall–Kier alpha value is -1.75. The fraction of sp³-hybridized carbons (Fsp3) is 0.286. The number of anilines is 1. The fourth-order valence-electron chi connectivity index (χ4n) is 2.42. The van der Waals surface area contributed by atoms with Crippen LogP contribution in [0.4, 0.5) is 5.69 Å². The van der Waals surface area contributed by atoms with Gasteiger partial charge in [0.1, 0.15) is 5.58 Å². The fourth-order valence-corrected chi connectivity index (χ4v) is 2.74. The second-order valence-electron chi connectivity index (χ2n) is 4.79. The molecule has 1 amide bonds. The molecule has 1 saturated heterocycles. The van der Waals surface area contributed by atoms with Crippen LogP contribution in [0.25, 0.3) is 11.0 Å². The van der Waals surface area contributed by atoms with Crippen molar-refractivity contribution < 1.29 is 9.21 Å². The number of carbonyl (C=O) groups excluding carboxylic acids is 1. The number of nitrogens with zero attached hydrogens (tertiary/aromatic N) is 1. The Balaban J connectivity index is 2.12. The highest BCUT2D eigenvalue weighted by Gasteiger charge is 2.28. The molecule has 0 N–H and O–H groups in total. The van der Waals surface area contributed by atoms with Crippen molar-refractivity contribution in [3.8, 4) is 0 Å². The summed E-state index contributed by atoms with van der Waals surface area (Å²) in [6.45, 7) is 2.45. The van der Waals surface area contributed by atoms with E-state index in [1.807, 2.05) is 19.1 Å². The van der Waals surface area contributed by atoms with Crippen LogP contribution in [-0.4, -0.2) is 17.7 Å². The van der Waals surface area contributed by atoms with Gasteiger partial charge < -0.3 is 9.32 Å². The summed E-state index contributed by atoms with van der Waals surface area (Å²) < 4.78 is 5.19. The van der Waals surface area contributed by atoms with E-state index in [2.05, 4.69) is 12.6 Å². The van der Waals surface area contributed by atoms with E-state index < -0.39 is 0 Å². The molecule has 1 unspecified atom stereocenters. The smallest absolute Gasteiger partial charge is 0.336 e. The molecule has 0 radical (unpaired) electrons. The summed E-state index contributed by atoms with van der Waals surface area (Å²) in [6.07, 6.45) is 0.443. The molecule has 4 nitrogen and oxygen atoms in total. The van der Waals surface area contributed by atoms with Crippen LogP contribution in [0.5, 0.6) is 0 Å². The van der Waals surface area contributed by atoms with Crippen molar-refractivity contribution in [3.05, 3.63) is 40.2 Å². The summed E-state index contributed by atoms with van der Waals surface area (Å²) in [4.78, 5) is 24.9. The zero-order chi connectivity index (χ0) is 13.6. The van der Waals surface area contributed by atoms with Gasteiger partial charge in [-0.15, -0.1) is 0 Å². The predicted octanol–water partition coefficient (Wildman–Crippen LogP) is 2.14. The summed E-state index contributed by atoms with van der Waals surface area (Å²) in [6, 6.07) is 6.96. The van der Waals surface area contributed by atoms with Crippen LogP contribution in [0.15, 0.2) is 33.5 Å². The molecular weight excluding hydrogens is 262 g/mol. The number of rotatable bonds is 1. The molecular formula is C14H13NO3S. The first kappa shape index (κ1) is 12.3. The highest BCUT2D eigenvalue weighted by molar-refractivity contribution is 7.81. The van der Waals surface area contributed by atoms with Crippen molar-refractivity contribution >= 4 is 35.2 Å². The standard InChI is InChI=1S/C14H13NO3S/c1-8-4-14(17)18-12-5-9(2-3-11(8)12)15-7-10(19)6-13(15)16/h2-5,10,19H,6-7H2,1H3. The maximum absolute atomic E-state index is 11.8. The highest BCUT2D eigenvalue weighted by atomic mass is 32.1. The molecule has 0 spiro atoms. The number of hydrogen-bond acceptors (Lipinski definition) is 4. The molecule has 0 aliphatic carbocycles. The van der Waals surface area contributed by atoms with E-state index in [0.29, 0.717) is 18.5 Å². The number of amides is 1. The van der Waals surface area contributed by atoms with Crippen LogP contribution in [0.1, 0.15) is 12.0 Å². The number of hydrogen-bond donors (Lipinski definition) is 1. The van der Waals surface area contributed by atoms with Gasteiger partial charge in [-0.05, 0) is 24.6 Å². The van der Waals surface area contributed by atoms with Gasteiger partial charge in [0.05, 0.1) is 0 Å². The average molecular weight is 275 g/mol. The molecule has 5 heteroatoms. The first-order chi connectivity index (χ1) is 9.04. The van der Waals surface area contributed by atoms with Crippen LogP contribution < -0.4 is 10.5 Å². The first-order valence-electron chi connectivity index (χ1n) is 6.07. The Labute approximate surface area is 115 Å². The second-order valence-corrected chi connectivity index (χ2v) is 5.52. The van der Waals surface area contributed by atoms with Gasteiger partial charge in [0.2, 0.25) is 5.91 Å². The summed E-state index contributed by atoms with van der Waals surface area (Å²) in [7, 11) is 0. The third-order valence-electron chi connectivity index (χ3n) is 3.35. The molecule has 1 fully saturated rings. The topological polar surface area (TPSA) is 50.5 Å². The van der Waals surface area contributed by atoms with Gasteiger partial charge >= 0.3 is 5.63 Å². The Kier molecular flexibility index (Phi) is 2.86. The lowest BCUT2D eigenvalue weighted by atomic mass is 10.1. The Morgan fingerprint density at radius 3 is 2.79 bits per heavy atom. The minimum atomic E-state index is -0.373. The number of thiol groups is 1. The molecule has 0 saturated carbocycles. The van der Waals surface area contributed by atoms with E-state index in [1.54, 1.807) is 11.0 Å². The molecule has 19 heavy (non-hydrogen) atoms. The molecule has 2 heterocycles. The maximum atomic E-state index is 11.8. The number of aryl methyl sites for hydroxylation is 1. The Morgan fingerprint density at radius 2 is 2.11 bits per heavy atom. The van der Waals surface area contributed by atoms with Crippen LogP contribution in [-0.2, 0) is 4.79 Å². The lowest BCUT2D eigenvalue weighted by Gasteiger charge is -2.16. The van der Waals surface area contributed by atoms with Gasteiger partial charge in [0.25, 0.3) is 0 Å². The second kappa shape index (κ2) is 4.42. The van der Waals surface area contributed by atoms with Crippen molar-refractivity contribution in [1.29, 1.82) is 0 Å². The molecule has 3 rings (SSSR count). The number of benzene rings is 1. The monoisotopic (exact) mass is 275 g/mol. The molecule has 2 aromatic rings. The summed E-state index contributed by atoms with van der Waals surface area (Å²) >= 11 is 4.33. The summed E-state index contributed by atoms with van der Waals surface area (Å²) in [5.41, 5.74) is 1.76. The van der Waals surface area contributed by atoms with Gasteiger partial charge in [-0.2, -0.15) is 12.6 Å². The third-order valence-corrected chi connectivity index (χ3v) is 3.70. The van der Waals surface area contributed by atoms with E-state index in [9.17, 15) is 9.59 Å². The summed E-state index contributed by atoms with van der Waals surface area (Å²) in [5, 5.41) is 0.949. The zero-order valence-electron chi connectivity index (χ0n) is 10.4.